The van der Waals surface area contributed by atoms with Gasteiger partial charge in [-0.2, -0.15) is 4.98 Å². The first-order chi connectivity index (χ1) is 11.5. The van der Waals surface area contributed by atoms with Crippen molar-refractivity contribution in [2.45, 2.75) is 12.8 Å². The van der Waals surface area contributed by atoms with E-state index in [-0.39, 0.29) is 27.9 Å². The highest BCUT2D eigenvalue weighted by molar-refractivity contribution is 5.98. The molecule has 0 unspecified atom stereocenters. The number of fused-ring (bicyclic) bond motifs is 2. The Balaban J connectivity index is 1.95. The second-order valence-corrected chi connectivity index (χ2v) is 5.96. The fourth-order valence-corrected chi connectivity index (χ4v) is 2.62. The molecule has 1 aromatic carbocycles. The van der Waals surface area contributed by atoms with E-state index in [1.807, 2.05) is 12.1 Å². The number of aromatic carboxylic acids is 1. The van der Waals surface area contributed by atoms with E-state index in [1.165, 1.54) is 18.9 Å². The number of carboxylic acid groups (broad SMARTS) is 1. The number of carboxylic acids is 1. The summed E-state index contributed by atoms with van der Waals surface area (Å²) in [5, 5.41) is 9.64. The van der Waals surface area contributed by atoms with Crippen molar-refractivity contribution in [2.24, 2.45) is 5.92 Å². The average molecular weight is 322 g/mol. The van der Waals surface area contributed by atoms with Gasteiger partial charge in [-0.3, -0.25) is 4.79 Å². The van der Waals surface area contributed by atoms with Gasteiger partial charge >= 0.3 is 5.97 Å². The molecular formula is C18H14N2O4. The van der Waals surface area contributed by atoms with E-state index in [2.05, 4.69) is 11.1 Å². The number of pyridine rings is 1. The van der Waals surface area contributed by atoms with E-state index in [1.54, 1.807) is 12.1 Å². The lowest BCUT2D eigenvalue weighted by Crippen LogP contribution is -2.09. The molecule has 2 heterocycles. The number of nitrogen functional groups attached to an aromatic ring is 1. The van der Waals surface area contributed by atoms with Crippen molar-refractivity contribution in [1.29, 1.82) is 0 Å². The summed E-state index contributed by atoms with van der Waals surface area (Å²) in [6, 6.07) is 6.55. The molecule has 1 saturated carbocycles. The van der Waals surface area contributed by atoms with Gasteiger partial charge in [0.25, 0.3) is 0 Å². The van der Waals surface area contributed by atoms with E-state index >= 15 is 0 Å². The van der Waals surface area contributed by atoms with Crippen molar-refractivity contribution in [2.75, 3.05) is 5.73 Å². The molecule has 6 heteroatoms. The molecular weight excluding hydrogens is 308 g/mol. The summed E-state index contributed by atoms with van der Waals surface area (Å²) in [6.07, 6.45) is 6.54. The van der Waals surface area contributed by atoms with Crippen LogP contribution >= 0.6 is 0 Å². The molecule has 3 N–H and O–H groups in total. The third-order valence-corrected chi connectivity index (χ3v) is 4.13. The number of nitrogens with zero attached hydrogens (tertiary/aromatic N) is 1. The molecule has 1 fully saturated rings. The lowest BCUT2D eigenvalue weighted by molar-refractivity contribution is 0.0698. The fraction of sp³-hybridized carbons (Fsp3) is 0.167. The summed E-state index contributed by atoms with van der Waals surface area (Å²) in [5.74, 6) is -0.775. The number of hydrogen-bond donors (Lipinski definition) is 2. The number of allylic oxidation sites excluding steroid dienone is 1. The molecule has 1 aliphatic rings. The molecule has 4 rings (SSSR count). The zero-order valence-corrected chi connectivity index (χ0v) is 12.7. The van der Waals surface area contributed by atoms with E-state index in [9.17, 15) is 9.59 Å². The van der Waals surface area contributed by atoms with E-state index in [0.717, 1.165) is 5.56 Å². The summed E-state index contributed by atoms with van der Waals surface area (Å²) in [5.41, 5.74) is 6.43. The SMILES string of the molecule is Nc1nc2oc3ccc(/C=C/C4CC4)cc3c(=O)c2cc1C(=O)O. The number of rotatable bonds is 3. The first-order valence-corrected chi connectivity index (χ1v) is 7.61. The number of hydrogen-bond acceptors (Lipinski definition) is 5. The zero-order chi connectivity index (χ0) is 16.8. The standard InChI is InChI=1S/C18H14N2O4/c19-16-13(18(22)23)8-12-15(21)11-7-10(4-3-9-1-2-9)5-6-14(11)24-17(12)20-16/h3-9H,1-2H2,(H2,19,20)(H,22,23)/b4-3+. The van der Waals surface area contributed by atoms with E-state index in [0.29, 0.717) is 16.9 Å². The Labute approximate surface area is 136 Å². The molecule has 6 nitrogen and oxygen atoms in total. The topological polar surface area (TPSA) is 106 Å². The van der Waals surface area contributed by atoms with Gasteiger partial charge in [0.15, 0.2) is 0 Å². The van der Waals surface area contributed by atoms with Gasteiger partial charge in [0, 0.05) is 0 Å². The van der Waals surface area contributed by atoms with Gasteiger partial charge in [0.1, 0.15) is 17.0 Å². The molecule has 0 saturated heterocycles. The maximum Gasteiger partial charge on any atom is 0.339 e. The minimum atomic E-state index is -1.23. The Hall–Kier alpha value is -3.15. The maximum absolute atomic E-state index is 12.7. The molecule has 0 atom stereocenters. The van der Waals surface area contributed by atoms with Crippen LogP contribution in [0.5, 0.6) is 0 Å². The molecule has 3 aromatic rings. The van der Waals surface area contributed by atoms with Crippen LogP contribution in [0.1, 0.15) is 28.8 Å². The first kappa shape index (κ1) is 14.4. The zero-order valence-electron chi connectivity index (χ0n) is 12.7. The van der Waals surface area contributed by atoms with Crippen LogP contribution in [0.2, 0.25) is 0 Å². The lowest BCUT2D eigenvalue weighted by Gasteiger charge is -2.05. The molecule has 24 heavy (non-hydrogen) atoms. The Morgan fingerprint density at radius 1 is 1.29 bits per heavy atom. The van der Waals surface area contributed by atoms with Gasteiger partial charge in [0.05, 0.1) is 10.8 Å². The molecule has 1 aliphatic carbocycles. The molecule has 0 bridgehead atoms. The monoisotopic (exact) mass is 322 g/mol. The van der Waals surface area contributed by atoms with Crippen molar-refractivity contribution in [3.8, 4) is 0 Å². The van der Waals surface area contributed by atoms with Crippen LogP contribution in [0.4, 0.5) is 5.82 Å². The van der Waals surface area contributed by atoms with Gasteiger partial charge in [-0.15, -0.1) is 0 Å². The average Bonchev–Trinajstić information content (AvgIpc) is 3.37. The van der Waals surface area contributed by atoms with Crippen LogP contribution in [-0.2, 0) is 0 Å². The highest BCUT2D eigenvalue weighted by Crippen LogP contribution is 2.31. The summed E-state index contributed by atoms with van der Waals surface area (Å²) in [7, 11) is 0. The second kappa shape index (κ2) is 5.19. The summed E-state index contributed by atoms with van der Waals surface area (Å²) < 4.78 is 5.63. The summed E-state index contributed by atoms with van der Waals surface area (Å²) in [6.45, 7) is 0. The molecule has 120 valence electrons. The van der Waals surface area contributed by atoms with Gasteiger partial charge < -0.3 is 15.3 Å². The largest absolute Gasteiger partial charge is 0.478 e. The van der Waals surface area contributed by atoms with Gasteiger partial charge in [-0.1, -0.05) is 18.2 Å². The van der Waals surface area contributed by atoms with Gasteiger partial charge in [-0.25, -0.2) is 4.79 Å². The van der Waals surface area contributed by atoms with Crippen LogP contribution in [0, 0.1) is 5.92 Å². The van der Waals surface area contributed by atoms with Crippen LogP contribution in [-0.4, -0.2) is 16.1 Å². The van der Waals surface area contributed by atoms with Gasteiger partial charge in [0.2, 0.25) is 11.1 Å². The Morgan fingerprint density at radius 3 is 2.79 bits per heavy atom. The third-order valence-electron chi connectivity index (χ3n) is 4.13. The Kier molecular flexibility index (Phi) is 3.13. The number of aromatic nitrogens is 1. The third kappa shape index (κ3) is 2.42. The van der Waals surface area contributed by atoms with Crippen LogP contribution in [0.3, 0.4) is 0 Å². The Morgan fingerprint density at radius 2 is 2.08 bits per heavy atom. The highest BCUT2D eigenvalue weighted by atomic mass is 16.4. The van der Waals surface area contributed by atoms with Gasteiger partial charge in [-0.05, 0) is 42.5 Å². The van der Waals surface area contributed by atoms with E-state index < -0.39 is 5.97 Å². The molecule has 0 amide bonds. The minimum absolute atomic E-state index is 0.0382. The van der Waals surface area contributed by atoms with Crippen molar-refractivity contribution >= 4 is 39.9 Å². The van der Waals surface area contributed by atoms with Crippen molar-refractivity contribution in [3.63, 3.8) is 0 Å². The molecule has 0 radical (unpaired) electrons. The van der Waals surface area contributed by atoms with Crippen molar-refractivity contribution < 1.29 is 14.3 Å². The maximum atomic E-state index is 12.7. The van der Waals surface area contributed by atoms with E-state index in [4.69, 9.17) is 15.3 Å². The molecule has 2 aromatic heterocycles. The van der Waals surface area contributed by atoms with Crippen LogP contribution < -0.4 is 11.2 Å². The Bertz CT molecular complexity index is 1080. The smallest absolute Gasteiger partial charge is 0.339 e. The quantitative estimate of drug-likeness (QED) is 0.718. The normalized spacial score (nSPS) is 14.7. The lowest BCUT2D eigenvalue weighted by atomic mass is 10.1. The summed E-state index contributed by atoms with van der Waals surface area (Å²) in [4.78, 5) is 27.8. The predicted octanol–water partition coefficient (Wildman–Crippen LogP) is 3.04. The number of nitrogens with two attached hydrogens (primary N) is 1. The van der Waals surface area contributed by atoms with Crippen LogP contribution in [0.15, 0.2) is 39.6 Å². The highest BCUT2D eigenvalue weighted by Gasteiger charge is 2.18. The predicted molar refractivity (Wildman–Crippen MR) is 90.9 cm³/mol. The number of benzene rings is 1. The molecule has 0 spiro atoms. The second-order valence-electron chi connectivity index (χ2n) is 5.96. The van der Waals surface area contributed by atoms with Crippen molar-refractivity contribution in [3.05, 3.63) is 51.7 Å². The summed E-state index contributed by atoms with van der Waals surface area (Å²) >= 11 is 0. The van der Waals surface area contributed by atoms with Crippen molar-refractivity contribution in [1.82, 2.24) is 4.98 Å². The number of carbonyl (C=O) groups is 1. The molecule has 0 aliphatic heterocycles. The minimum Gasteiger partial charge on any atom is -0.478 e. The van der Waals surface area contributed by atoms with Crippen LogP contribution in [0.25, 0.3) is 28.1 Å². The first-order valence-electron chi connectivity index (χ1n) is 7.61. The number of anilines is 1. The fourth-order valence-electron chi connectivity index (χ4n) is 2.62.